The average Bonchev–Trinajstić information content (AvgIpc) is 2.18. The monoisotopic (exact) mass is 272 g/mol. The molecule has 1 aromatic heterocycles. The number of carboxylic acids is 1. The molecule has 100 valence electrons. The lowest BCUT2D eigenvalue weighted by molar-refractivity contribution is 0.0239. The van der Waals surface area contributed by atoms with Gasteiger partial charge in [0.1, 0.15) is 5.82 Å². The number of rotatable bonds is 4. The van der Waals surface area contributed by atoms with Gasteiger partial charge in [-0.2, -0.15) is 0 Å². The summed E-state index contributed by atoms with van der Waals surface area (Å²) >= 11 is 5.73. The van der Waals surface area contributed by atoms with Crippen LogP contribution in [0.25, 0.3) is 0 Å². The minimum atomic E-state index is -1.12. The molecule has 0 fully saturated rings. The lowest BCUT2D eigenvalue weighted by Gasteiger charge is -2.38. The van der Waals surface area contributed by atoms with Crippen molar-refractivity contribution in [1.82, 2.24) is 4.98 Å². The van der Waals surface area contributed by atoms with Crippen molar-refractivity contribution in [3.05, 3.63) is 22.8 Å². The molecule has 0 saturated carbocycles. The number of aromatic nitrogens is 1. The van der Waals surface area contributed by atoms with E-state index in [2.05, 4.69) is 10.3 Å². The molecule has 1 heterocycles. The van der Waals surface area contributed by atoms with Gasteiger partial charge in [0, 0.05) is 6.20 Å². The molecule has 0 aliphatic rings. The van der Waals surface area contributed by atoms with Crippen LogP contribution in [0.2, 0.25) is 5.02 Å². The van der Waals surface area contributed by atoms with Gasteiger partial charge in [0.25, 0.3) is 0 Å². The van der Waals surface area contributed by atoms with Gasteiger partial charge < -0.3 is 15.5 Å². The molecular formula is C12H17ClN2O3. The fourth-order valence-corrected chi connectivity index (χ4v) is 1.33. The number of nitrogens with one attached hydrogen (secondary N) is 1. The third-order valence-electron chi connectivity index (χ3n) is 3.06. The van der Waals surface area contributed by atoms with E-state index in [1.165, 1.54) is 12.3 Å². The van der Waals surface area contributed by atoms with Gasteiger partial charge in [-0.15, -0.1) is 0 Å². The number of hydrogen-bond donors (Lipinski definition) is 3. The summed E-state index contributed by atoms with van der Waals surface area (Å²) in [5.41, 5.74) is -1.71. The normalized spacial score (nSPS) is 12.3. The van der Waals surface area contributed by atoms with Crippen LogP contribution in [0, 0.1) is 0 Å². The number of pyridine rings is 1. The minimum Gasteiger partial charge on any atom is -0.478 e. The quantitative estimate of drug-likeness (QED) is 0.784. The molecule has 0 atom stereocenters. The number of anilines is 1. The van der Waals surface area contributed by atoms with Gasteiger partial charge in [-0.25, -0.2) is 9.78 Å². The van der Waals surface area contributed by atoms with Gasteiger partial charge in [0.2, 0.25) is 0 Å². The molecule has 0 saturated heterocycles. The van der Waals surface area contributed by atoms with E-state index in [4.69, 9.17) is 16.7 Å². The van der Waals surface area contributed by atoms with Crippen LogP contribution in [0.4, 0.5) is 5.82 Å². The van der Waals surface area contributed by atoms with E-state index < -0.39 is 17.1 Å². The molecular weight excluding hydrogens is 256 g/mol. The summed E-state index contributed by atoms with van der Waals surface area (Å²) in [6.45, 7) is 6.91. The number of carboxylic acid groups (broad SMARTS) is 1. The highest BCUT2D eigenvalue weighted by molar-refractivity contribution is 6.33. The fraction of sp³-hybridized carbons (Fsp3) is 0.500. The van der Waals surface area contributed by atoms with Crippen molar-refractivity contribution in [3.63, 3.8) is 0 Å². The molecule has 0 unspecified atom stereocenters. The van der Waals surface area contributed by atoms with Gasteiger partial charge >= 0.3 is 5.97 Å². The minimum absolute atomic E-state index is 0.0271. The molecule has 0 amide bonds. The van der Waals surface area contributed by atoms with Crippen molar-refractivity contribution in [2.24, 2.45) is 0 Å². The van der Waals surface area contributed by atoms with Crippen LogP contribution in [0.5, 0.6) is 0 Å². The summed E-state index contributed by atoms with van der Waals surface area (Å²) in [5.74, 6) is -0.768. The second-order valence-corrected chi connectivity index (χ2v) is 5.57. The van der Waals surface area contributed by atoms with Gasteiger partial charge in [0.15, 0.2) is 0 Å². The predicted octanol–water partition coefficient (Wildman–Crippen LogP) is 2.39. The number of hydrogen-bond acceptors (Lipinski definition) is 4. The van der Waals surface area contributed by atoms with Crippen LogP contribution in [0.1, 0.15) is 38.1 Å². The van der Waals surface area contributed by atoms with E-state index in [0.29, 0.717) is 5.82 Å². The molecule has 0 bridgehead atoms. The molecule has 0 aromatic carbocycles. The lowest BCUT2D eigenvalue weighted by Crippen LogP contribution is -2.51. The van der Waals surface area contributed by atoms with E-state index in [-0.39, 0.29) is 10.6 Å². The smallest absolute Gasteiger partial charge is 0.337 e. The molecule has 0 radical (unpaired) electrons. The average molecular weight is 273 g/mol. The molecule has 6 heteroatoms. The highest BCUT2D eigenvalue weighted by atomic mass is 35.5. The van der Waals surface area contributed by atoms with Crippen LogP contribution in [0.15, 0.2) is 12.3 Å². The largest absolute Gasteiger partial charge is 0.478 e. The maximum Gasteiger partial charge on any atom is 0.337 e. The summed E-state index contributed by atoms with van der Waals surface area (Å²) in [5, 5.41) is 22.0. The Morgan fingerprint density at radius 2 is 1.94 bits per heavy atom. The summed E-state index contributed by atoms with van der Waals surface area (Å²) in [6, 6.07) is 1.35. The van der Waals surface area contributed by atoms with Crippen molar-refractivity contribution < 1.29 is 15.0 Å². The Morgan fingerprint density at radius 1 is 1.39 bits per heavy atom. The first-order valence-corrected chi connectivity index (χ1v) is 5.82. The number of aliphatic hydroxyl groups is 1. The molecule has 0 aliphatic carbocycles. The number of aromatic carboxylic acids is 1. The number of carbonyl (C=O) groups is 1. The van der Waals surface area contributed by atoms with Crippen molar-refractivity contribution in [3.8, 4) is 0 Å². The van der Waals surface area contributed by atoms with Crippen molar-refractivity contribution in [2.45, 2.75) is 38.8 Å². The standard InChI is InChI=1S/C12H17ClN2O3/c1-11(2,12(3,4)18)15-9-5-7(10(16)17)8(13)6-14-9/h5-6,18H,1-4H3,(H,14,15)(H,16,17). The van der Waals surface area contributed by atoms with Crippen molar-refractivity contribution in [1.29, 1.82) is 0 Å². The second-order valence-electron chi connectivity index (χ2n) is 5.16. The van der Waals surface area contributed by atoms with Gasteiger partial charge in [-0.3, -0.25) is 0 Å². The maximum absolute atomic E-state index is 10.9. The SMILES string of the molecule is CC(C)(O)C(C)(C)Nc1cc(C(=O)O)c(Cl)cn1. The van der Waals surface area contributed by atoms with E-state index in [1.54, 1.807) is 27.7 Å². The predicted molar refractivity (Wildman–Crippen MR) is 70.2 cm³/mol. The Labute approximate surface area is 111 Å². The van der Waals surface area contributed by atoms with Gasteiger partial charge in [-0.1, -0.05) is 11.6 Å². The van der Waals surface area contributed by atoms with Crippen LogP contribution >= 0.6 is 11.6 Å². The molecule has 5 nitrogen and oxygen atoms in total. The van der Waals surface area contributed by atoms with Crippen molar-refractivity contribution in [2.75, 3.05) is 5.32 Å². The zero-order chi connectivity index (χ0) is 14.1. The van der Waals surface area contributed by atoms with Crippen LogP contribution < -0.4 is 5.32 Å². The summed E-state index contributed by atoms with van der Waals surface area (Å²) in [6.07, 6.45) is 1.27. The zero-order valence-corrected chi connectivity index (χ0v) is 11.5. The number of nitrogens with zero attached hydrogens (tertiary/aromatic N) is 1. The Balaban J connectivity index is 3.07. The molecule has 0 spiro atoms. The summed E-state index contributed by atoms with van der Waals surface area (Å²) in [7, 11) is 0. The second kappa shape index (κ2) is 4.74. The number of halogens is 1. The first-order valence-electron chi connectivity index (χ1n) is 5.44. The summed E-state index contributed by atoms with van der Waals surface area (Å²) in [4.78, 5) is 14.9. The molecule has 1 aromatic rings. The summed E-state index contributed by atoms with van der Waals surface area (Å²) < 4.78 is 0. The highest BCUT2D eigenvalue weighted by Crippen LogP contribution is 2.26. The van der Waals surface area contributed by atoms with E-state index >= 15 is 0 Å². The van der Waals surface area contributed by atoms with Gasteiger partial charge in [0.05, 0.1) is 21.7 Å². The molecule has 0 aliphatic heterocycles. The third kappa shape index (κ3) is 3.11. The Hall–Kier alpha value is -1.33. The Morgan fingerprint density at radius 3 is 2.39 bits per heavy atom. The van der Waals surface area contributed by atoms with E-state index in [9.17, 15) is 9.90 Å². The van der Waals surface area contributed by atoms with Crippen molar-refractivity contribution >= 4 is 23.4 Å². The molecule has 18 heavy (non-hydrogen) atoms. The first-order chi connectivity index (χ1) is 8.04. The Bertz CT molecular complexity index is 467. The lowest BCUT2D eigenvalue weighted by atomic mass is 9.86. The maximum atomic E-state index is 10.9. The molecule has 1 rings (SSSR count). The third-order valence-corrected chi connectivity index (χ3v) is 3.36. The first kappa shape index (κ1) is 14.7. The molecule has 3 N–H and O–H groups in total. The van der Waals surface area contributed by atoms with Crippen LogP contribution in [-0.2, 0) is 0 Å². The highest BCUT2D eigenvalue weighted by Gasteiger charge is 2.35. The van der Waals surface area contributed by atoms with E-state index in [1.807, 2.05) is 0 Å². The van der Waals surface area contributed by atoms with Crippen LogP contribution in [0.3, 0.4) is 0 Å². The zero-order valence-electron chi connectivity index (χ0n) is 10.8. The topological polar surface area (TPSA) is 82.5 Å². The van der Waals surface area contributed by atoms with E-state index in [0.717, 1.165) is 0 Å². The van der Waals surface area contributed by atoms with Crippen LogP contribution in [-0.4, -0.2) is 32.3 Å². The fourth-order valence-electron chi connectivity index (χ4n) is 1.14. The van der Waals surface area contributed by atoms with Gasteiger partial charge in [-0.05, 0) is 33.8 Å². The Kier molecular flexibility index (Phi) is 3.88.